The van der Waals surface area contributed by atoms with Crippen molar-refractivity contribution < 1.29 is 4.79 Å². The van der Waals surface area contributed by atoms with E-state index in [1.54, 1.807) is 0 Å². The van der Waals surface area contributed by atoms with E-state index >= 15 is 0 Å². The second-order valence-corrected chi connectivity index (χ2v) is 3.58. The molecule has 1 aliphatic rings. The van der Waals surface area contributed by atoms with Crippen molar-refractivity contribution in [3.8, 4) is 0 Å². The first kappa shape index (κ1) is 9.13. The van der Waals surface area contributed by atoms with Crippen molar-refractivity contribution in [1.29, 1.82) is 0 Å². The molecule has 0 aromatic heterocycles. The van der Waals surface area contributed by atoms with Crippen molar-refractivity contribution in [3.63, 3.8) is 0 Å². The molecule has 0 saturated carbocycles. The highest BCUT2D eigenvalue weighted by atomic mass is 16.1. The van der Waals surface area contributed by atoms with Gasteiger partial charge in [-0.25, -0.2) is 0 Å². The van der Waals surface area contributed by atoms with E-state index < -0.39 is 0 Å². The van der Waals surface area contributed by atoms with Crippen molar-refractivity contribution in [2.75, 3.05) is 6.54 Å². The topological polar surface area (TPSA) is 29.4 Å². The standard InChI is InChI=1S/C12H13NO/c1-9-12(11(14)7-8-13-9)10-5-3-2-4-6-10/h2-6,12H,7-8H2,1H3. The molecular weight excluding hydrogens is 174 g/mol. The van der Waals surface area contributed by atoms with Gasteiger partial charge in [0.1, 0.15) is 5.78 Å². The van der Waals surface area contributed by atoms with Crippen LogP contribution in [0.4, 0.5) is 0 Å². The predicted octanol–water partition coefficient (Wildman–Crippen LogP) is 2.20. The number of carbonyl (C=O) groups excluding carboxylic acids is 1. The maximum atomic E-state index is 11.7. The summed E-state index contributed by atoms with van der Waals surface area (Å²) in [7, 11) is 0. The van der Waals surface area contributed by atoms with E-state index in [2.05, 4.69) is 4.99 Å². The molecule has 0 spiro atoms. The SMILES string of the molecule is CC1=NCCC(=O)C1c1ccccc1. The maximum absolute atomic E-state index is 11.7. The third-order valence-electron chi connectivity index (χ3n) is 2.59. The Balaban J connectivity index is 2.37. The molecule has 0 radical (unpaired) electrons. The van der Waals surface area contributed by atoms with Gasteiger partial charge in [0, 0.05) is 18.7 Å². The molecule has 2 rings (SSSR count). The number of carbonyl (C=O) groups is 1. The highest BCUT2D eigenvalue weighted by Crippen LogP contribution is 2.23. The summed E-state index contributed by atoms with van der Waals surface area (Å²) >= 11 is 0. The summed E-state index contributed by atoms with van der Waals surface area (Å²) < 4.78 is 0. The highest BCUT2D eigenvalue weighted by Gasteiger charge is 2.25. The third kappa shape index (κ3) is 1.60. The zero-order chi connectivity index (χ0) is 9.97. The van der Waals surface area contributed by atoms with E-state index in [0.717, 1.165) is 11.3 Å². The van der Waals surface area contributed by atoms with Gasteiger partial charge in [-0.05, 0) is 12.5 Å². The average Bonchev–Trinajstić information content (AvgIpc) is 2.19. The van der Waals surface area contributed by atoms with Crippen LogP contribution in [0.5, 0.6) is 0 Å². The van der Waals surface area contributed by atoms with Gasteiger partial charge in [-0.15, -0.1) is 0 Å². The predicted molar refractivity (Wildman–Crippen MR) is 56.8 cm³/mol. The van der Waals surface area contributed by atoms with Crippen LogP contribution in [0, 0.1) is 0 Å². The number of nitrogens with zero attached hydrogens (tertiary/aromatic N) is 1. The fraction of sp³-hybridized carbons (Fsp3) is 0.333. The van der Waals surface area contributed by atoms with E-state index in [-0.39, 0.29) is 5.92 Å². The Bertz CT molecular complexity index is 367. The van der Waals surface area contributed by atoms with Crippen LogP contribution in [0.1, 0.15) is 24.8 Å². The van der Waals surface area contributed by atoms with Crippen LogP contribution in [0.3, 0.4) is 0 Å². The fourth-order valence-corrected chi connectivity index (χ4v) is 1.88. The molecule has 0 amide bonds. The molecule has 14 heavy (non-hydrogen) atoms. The quantitative estimate of drug-likeness (QED) is 0.662. The summed E-state index contributed by atoms with van der Waals surface area (Å²) in [6.45, 7) is 2.60. The first-order valence-electron chi connectivity index (χ1n) is 4.87. The normalized spacial score (nSPS) is 21.9. The molecule has 2 heteroatoms. The smallest absolute Gasteiger partial charge is 0.147 e. The molecule has 0 aliphatic carbocycles. The van der Waals surface area contributed by atoms with Gasteiger partial charge in [0.05, 0.1) is 5.92 Å². The van der Waals surface area contributed by atoms with Crippen LogP contribution in [0.15, 0.2) is 35.3 Å². The first-order valence-corrected chi connectivity index (χ1v) is 4.87. The minimum Gasteiger partial charge on any atom is -0.299 e. The molecule has 0 saturated heterocycles. The summed E-state index contributed by atoms with van der Waals surface area (Å²) in [6, 6.07) is 9.87. The third-order valence-corrected chi connectivity index (χ3v) is 2.59. The monoisotopic (exact) mass is 187 g/mol. The second-order valence-electron chi connectivity index (χ2n) is 3.58. The minimum absolute atomic E-state index is 0.0926. The van der Waals surface area contributed by atoms with Crippen molar-refractivity contribution in [1.82, 2.24) is 0 Å². The van der Waals surface area contributed by atoms with Crippen LogP contribution in [0.25, 0.3) is 0 Å². The van der Waals surface area contributed by atoms with Crippen molar-refractivity contribution in [3.05, 3.63) is 35.9 Å². The van der Waals surface area contributed by atoms with Crippen LogP contribution in [0.2, 0.25) is 0 Å². The molecule has 0 fully saturated rings. The summed E-state index contributed by atoms with van der Waals surface area (Å²) in [5.41, 5.74) is 2.02. The average molecular weight is 187 g/mol. The molecule has 2 nitrogen and oxygen atoms in total. The lowest BCUT2D eigenvalue weighted by Crippen LogP contribution is -2.25. The number of benzene rings is 1. The molecule has 1 heterocycles. The fourth-order valence-electron chi connectivity index (χ4n) is 1.88. The lowest BCUT2D eigenvalue weighted by atomic mass is 9.87. The zero-order valence-corrected chi connectivity index (χ0v) is 8.23. The highest BCUT2D eigenvalue weighted by molar-refractivity contribution is 6.10. The Morgan fingerprint density at radius 2 is 2.00 bits per heavy atom. The number of rotatable bonds is 1. The van der Waals surface area contributed by atoms with Crippen molar-refractivity contribution in [2.24, 2.45) is 4.99 Å². The molecule has 1 aromatic rings. The zero-order valence-electron chi connectivity index (χ0n) is 8.23. The van der Waals surface area contributed by atoms with Gasteiger partial charge in [-0.1, -0.05) is 30.3 Å². The molecule has 1 aromatic carbocycles. The lowest BCUT2D eigenvalue weighted by molar-refractivity contribution is -0.119. The summed E-state index contributed by atoms with van der Waals surface area (Å²) in [6.07, 6.45) is 0.580. The second kappa shape index (κ2) is 3.74. The maximum Gasteiger partial charge on any atom is 0.147 e. The summed E-state index contributed by atoms with van der Waals surface area (Å²) in [5.74, 6) is 0.202. The Labute approximate surface area is 83.7 Å². The van der Waals surface area contributed by atoms with Gasteiger partial charge in [-0.2, -0.15) is 0 Å². The van der Waals surface area contributed by atoms with Gasteiger partial charge in [0.25, 0.3) is 0 Å². The van der Waals surface area contributed by atoms with E-state index in [0.29, 0.717) is 18.7 Å². The molecule has 0 bridgehead atoms. The molecule has 0 N–H and O–H groups in total. The Morgan fingerprint density at radius 3 is 2.64 bits per heavy atom. The van der Waals surface area contributed by atoms with Crippen molar-refractivity contribution >= 4 is 11.5 Å². The number of aliphatic imine (C=N–C) groups is 1. The van der Waals surface area contributed by atoms with E-state index in [1.807, 2.05) is 37.3 Å². The van der Waals surface area contributed by atoms with Crippen LogP contribution in [-0.4, -0.2) is 18.0 Å². The van der Waals surface area contributed by atoms with E-state index in [1.165, 1.54) is 0 Å². The summed E-state index contributed by atoms with van der Waals surface area (Å²) in [5, 5.41) is 0. The van der Waals surface area contributed by atoms with E-state index in [4.69, 9.17) is 0 Å². The number of hydrogen-bond acceptors (Lipinski definition) is 2. The molecule has 72 valence electrons. The van der Waals surface area contributed by atoms with Gasteiger partial charge < -0.3 is 0 Å². The molecule has 1 aliphatic heterocycles. The Morgan fingerprint density at radius 1 is 1.29 bits per heavy atom. The van der Waals surface area contributed by atoms with Gasteiger partial charge in [-0.3, -0.25) is 9.79 Å². The first-order chi connectivity index (χ1) is 6.79. The van der Waals surface area contributed by atoms with Gasteiger partial charge >= 0.3 is 0 Å². The number of Topliss-reactive ketones (excluding diaryl/α,β-unsaturated/α-hetero) is 1. The van der Waals surface area contributed by atoms with E-state index in [9.17, 15) is 4.79 Å². The summed E-state index contributed by atoms with van der Waals surface area (Å²) in [4.78, 5) is 16.1. The Hall–Kier alpha value is -1.44. The van der Waals surface area contributed by atoms with Crippen LogP contribution < -0.4 is 0 Å². The lowest BCUT2D eigenvalue weighted by Gasteiger charge is -2.19. The van der Waals surface area contributed by atoms with Crippen molar-refractivity contribution in [2.45, 2.75) is 19.3 Å². The van der Waals surface area contributed by atoms with Gasteiger partial charge in [0.15, 0.2) is 0 Å². The Kier molecular flexibility index (Phi) is 2.44. The largest absolute Gasteiger partial charge is 0.299 e. The molecule has 1 atom stereocenters. The number of hydrogen-bond donors (Lipinski definition) is 0. The molecule has 1 unspecified atom stereocenters. The molecular formula is C12H13NO. The van der Waals surface area contributed by atoms with Crippen LogP contribution in [-0.2, 0) is 4.79 Å². The minimum atomic E-state index is -0.0926. The number of ketones is 1. The van der Waals surface area contributed by atoms with Crippen LogP contribution >= 0.6 is 0 Å². The van der Waals surface area contributed by atoms with Gasteiger partial charge in [0.2, 0.25) is 0 Å².